The molecule has 2 heterocycles. The average Bonchev–Trinajstić information content (AvgIpc) is 3.04. The molecule has 0 fully saturated rings. The van der Waals surface area contributed by atoms with Gasteiger partial charge in [0.15, 0.2) is 0 Å². The Morgan fingerprint density at radius 2 is 2.00 bits per heavy atom. The second kappa shape index (κ2) is 6.31. The summed E-state index contributed by atoms with van der Waals surface area (Å²) in [5.41, 5.74) is 2.65. The minimum Gasteiger partial charge on any atom is -0.468 e. The lowest BCUT2D eigenvalue weighted by molar-refractivity contribution is -0.145. The van der Waals surface area contributed by atoms with Crippen molar-refractivity contribution >= 4 is 27.3 Å². The van der Waals surface area contributed by atoms with Gasteiger partial charge in [-0.3, -0.25) is 0 Å². The van der Waals surface area contributed by atoms with Gasteiger partial charge in [0.1, 0.15) is 6.04 Å². The monoisotopic (exact) mass is 365 g/mol. The van der Waals surface area contributed by atoms with Crippen molar-refractivity contribution in [1.29, 1.82) is 0 Å². The van der Waals surface area contributed by atoms with E-state index >= 15 is 0 Å². The molecule has 5 nitrogen and oxygen atoms in total. The van der Waals surface area contributed by atoms with E-state index in [2.05, 4.69) is 0 Å². The van der Waals surface area contributed by atoms with Crippen LogP contribution in [0, 0.1) is 13.8 Å². The van der Waals surface area contributed by atoms with Crippen LogP contribution in [0.4, 0.5) is 0 Å². The van der Waals surface area contributed by atoms with Gasteiger partial charge in [-0.1, -0.05) is 6.07 Å². The zero-order valence-corrected chi connectivity index (χ0v) is 15.4. The van der Waals surface area contributed by atoms with Gasteiger partial charge >= 0.3 is 5.97 Å². The Balaban J connectivity index is 2.09. The Kier molecular flexibility index (Phi) is 4.50. The van der Waals surface area contributed by atoms with Crippen LogP contribution in [0.2, 0.25) is 0 Å². The number of aryl methyl sites for hydroxylation is 2. The number of hydrogen-bond acceptors (Lipinski definition) is 5. The van der Waals surface area contributed by atoms with Gasteiger partial charge in [-0.25, -0.2) is 13.2 Å². The summed E-state index contributed by atoms with van der Waals surface area (Å²) in [6.45, 7) is 4.07. The summed E-state index contributed by atoms with van der Waals surface area (Å²) in [4.78, 5) is 13.6. The van der Waals surface area contributed by atoms with Gasteiger partial charge in [0, 0.05) is 11.4 Å². The molecule has 0 saturated heterocycles. The maximum absolute atomic E-state index is 13.1. The van der Waals surface area contributed by atoms with Crippen LogP contribution < -0.4 is 0 Å². The molecule has 2 aromatic rings. The van der Waals surface area contributed by atoms with Crippen molar-refractivity contribution in [2.75, 3.05) is 13.7 Å². The maximum Gasteiger partial charge on any atom is 0.328 e. The summed E-state index contributed by atoms with van der Waals surface area (Å²) in [6.07, 6.45) is 0.602. The van der Waals surface area contributed by atoms with E-state index in [4.69, 9.17) is 4.74 Å². The van der Waals surface area contributed by atoms with Crippen molar-refractivity contribution in [3.8, 4) is 0 Å². The Morgan fingerprint density at radius 3 is 2.67 bits per heavy atom. The molecule has 0 spiro atoms. The SMILES string of the molecule is COC(=O)C1c2ccsc2CCN1S(=O)(=O)c1ccc(C)c(C)c1. The zero-order chi connectivity index (χ0) is 17.5. The van der Waals surface area contributed by atoms with E-state index < -0.39 is 22.0 Å². The first kappa shape index (κ1) is 17.1. The number of sulfonamides is 1. The molecule has 0 amide bonds. The summed E-state index contributed by atoms with van der Waals surface area (Å²) >= 11 is 1.54. The summed E-state index contributed by atoms with van der Waals surface area (Å²) < 4.78 is 32.4. The van der Waals surface area contributed by atoms with Crippen LogP contribution >= 0.6 is 11.3 Å². The maximum atomic E-state index is 13.1. The van der Waals surface area contributed by atoms with Crippen molar-refractivity contribution in [1.82, 2.24) is 4.31 Å². The highest BCUT2D eigenvalue weighted by Gasteiger charge is 2.41. The molecule has 0 N–H and O–H groups in total. The Morgan fingerprint density at radius 1 is 1.25 bits per heavy atom. The van der Waals surface area contributed by atoms with Crippen LogP contribution in [0.1, 0.15) is 27.6 Å². The van der Waals surface area contributed by atoms with Crippen LogP contribution in [-0.4, -0.2) is 32.3 Å². The number of carbonyl (C=O) groups excluding carboxylic acids is 1. The molecule has 0 radical (unpaired) electrons. The van der Waals surface area contributed by atoms with Crippen molar-refractivity contribution in [2.45, 2.75) is 31.2 Å². The molecular weight excluding hydrogens is 346 g/mol. The fourth-order valence-electron chi connectivity index (χ4n) is 2.92. The van der Waals surface area contributed by atoms with Gasteiger partial charge in [0.2, 0.25) is 10.0 Å². The number of hydrogen-bond donors (Lipinski definition) is 0. The van der Waals surface area contributed by atoms with E-state index in [1.54, 1.807) is 29.5 Å². The Labute approximate surface area is 145 Å². The lowest BCUT2D eigenvalue weighted by Crippen LogP contribution is -2.43. The quantitative estimate of drug-likeness (QED) is 0.785. The summed E-state index contributed by atoms with van der Waals surface area (Å²) in [5.74, 6) is -0.554. The molecule has 0 bridgehead atoms. The van der Waals surface area contributed by atoms with Crippen molar-refractivity contribution < 1.29 is 17.9 Å². The first-order valence-electron chi connectivity index (χ1n) is 7.59. The number of methoxy groups -OCH3 is 1. The Hall–Kier alpha value is -1.70. The van der Waals surface area contributed by atoms with E-state index in [1.807, 2.05) is 25.3 Å². The van der Waals surface area contributed by atoms with Gasteiger partial charge in [0.05, 0.1) is 12.0 Å². The molecule has 1 atom stereocenters. The second-order valence-electron chi connectivity index (χ2n) is 5.84. The van der Waals surface area contributed by atoms with Crippen LogP contribution in [0.3, 0.4) is 0 Å². The topological polar surface area (TPSA) is 63.7 Å². The van der Waals surface area contributed by atoms with Crippen LogP contribution in [0.15, 0.2) is 34.5 Å². The second-order valence-corrected chi connectivity index (χ2v) is 8.73. The summed E-state index contributed by atoms with van der Waals surface area (Å²) in [7, 11) is -2.51. The molecule has 1 aromatic carbocycles. The Bertz CT molecular complexity index is 886. The molecule has 1 unspecified atom stereocenters. The van der Waals surface area contributed by atoms with Gasteiger partial charge in [0.25, 0.3) is 0 Å². The highest BCUT2D eigenvalue weighted by atomic mass is 32.2. The molecule has 0 saturated carbocycles. The highest BCUT2D eigenvalue weighted by Crippen LogP contribution is 2.37. The fraction of sp³-hybridized carbons (Fsp3) is 0.353. The van der Waals surface area contributed by atoms with E-state index in [9.17, 15) is 13.2 Å². The van der Waals surface area contributed by atoms with Crippen LogP contribution in [0.5, 0.6) is 0 Å². The third-order valence-electron chi connectivity index (χ3n) is 4.43. The van der Waals surface area contributed by atoms with Gasteiger partial charge < -0.3 is 4.74 Å². The molecule has 1 aromatic heterocycles. The van der Waals surface area contributed by atoms with E-state index in [1.165, 1.54) is 11.4 Å². The van der Waals surface area contributed by atoms with Gasteiger partial charge in [-0.05, 0) is 60.5 Å². The normalized spacial score (nSPS) is 18.2. The fourth-order valence-corrected chi connectivity index (χ4v) is 5.47. The number of benzene rings is 1. The summed E-state index contributed by atoms with van der Waals surface area (Å²) in [5, 5.41) is 1.88. The third-order valence-corrected chi connectivity index (χ3v) is 7.29. The summed E-state index contributed by atoms with van der Waals surface area (Å²) in [6, 6.07) is 5.92. The number of ether oxygens (including phenoxy) is 1. The zero-order valence-electron chi connectivity index (χ0n) is 13.8. The molecule has 3 rings (SSSR count). The molecule has 1 aliphatic heterocycles. The van der Waals surface area contributed by atoms with E-state index in [0.717, 1.165) is 21.6 Å². The lowest BCUT2D eigenvalue weighted by Gasteiger charge is -2.33. The molecule has 128 valence electrons. The molecule has 7 heteroatoms. The standard InChI is InChI=1S/C17H19NO4S2/c1-11-4-5-13(10-12(11)2)24(20,21)18-8-6-15-14(7-9-23-15)16(18)17(19)22-3/h4-5,7,9-10,16H,6,8H2,1-3H3. The van der Waals surface area contributed by atoms with E-state index in [-0.39, 0.29) is 11.4 Å². The van der Waals surface area contributed by atoms with Crippen molar-refractivity contribution in [2.24, 2.45) is 0 Å². The van der Waals surface area contributed by atoms with Crippen molar-refractivity contribution in [3.05, 3.63) is 51.2 Å². The van der Waals surface area contributed by atoms with E-state index in [0.29, 0.717) is 6.42 Å². The minimum atomic E-state index is -3.79. The molecule has 24 heavy (non-hydrogen) atoms. The number of rotatable bonds is 3. The smallest absolute Gasteiger partial charge is 0.328 e. The largest absolute Gasteiger partial charge is 0.468 e. The number of thiophene rings is 1. The molecular formula is C17H19NO4S2. The molecule has 0 aliphatic carbocycles. The number of nitrogens with zero attached hydrogens (tertiary/aromatic N) is 1. The van der Waals surface area contributed by atoms with Crippen molar-refractivity contribution in [3.63, 3.8) is 0 Å². The predicted octanol–water partition coefficient (Wildman–Crippen LogP) is 2.83. The number of carbonyl (C=O) groups is 1. The number of esters is 1. The van der Waals surface area contributed by atoms with Crippen LogP contribution in [-0.2, 0) is 26.0 Å². The lowest BCUT2D eigenvalue weighted by atomic mass is 10.0. The first-order chi connectivity index (χ1) is 11.4. The van der Waals surface area contributed by atoms with Gasteiger partial charge in [-0.2, -0.15) is 4.31 Å². The predicted molar refractivity (Wildman–Crippen MR) is 92.6 cm³/mol. The number of fused-ring (bicyclic) bond motifs is 1. The minimum absolute atomic E-state index is 0.207. The highest BCUT2D eigenvalue weighted by molar-refractivity contribution is 7.89. The first-order valence-corrected chi connectivity index (χ1v) is 9.91. The third kappa shape index (κ3) is 2.76. The van der Waals surface area contributed by atoms with Crippen LogP contribution in [0.25, 0.3) is 0 Å². The average molecular weight is 365 g/mol. The molecule has 1 aliphatic rings. The van der Waals surface area contributed by atoms with Gasteiger partial charge in [-0.15, -0.1) is 11.3 Å².